The third-order valence-electron chi connectivity index (χ3n) is 3.19. The van der Waals surface area contributed by atoms with Crippen molar-refractivity contribution in [3.8, 4) is 0 Å². The summed E-state index contributed by atoms with van der Waals surface area (Å²) >= 11 is 0. The summed E-state index contributed by atoms with van der Waals surface area (Å²) in [6.45, 7) is 2.60. The summed E-state index contributed by atoms with van der Waals surface area (Å²) in [5.41, 5.74) is -0.745. The average molecular weight is 233 g/mol. The molecule has 2 aliphatic rings. The molecule has 1 saturated heterocycles. The third-order valence-corrected chi connectivity index (χ3v) is 5.13. The van der Waals surface area contributed by atoms with E-state index in [1.807, 2.05) is 6.92 Å². The van der Waals surface area contributed by atoms with E-state index in [0.717, 1.165) is 19.3 Å². The minimum Gasteiger partial charge on any atom is -0.387 e. The maximum Gasteiger partial charge on any atom is 0.214 e. The summed E-state index contributed by atoms with van der Waals surface area (Å²) in [7, 11) is -3.08. The molecule has 0 amide bonds. The van der Waals surface area contributed by atoms with Crippen LogP contribution in [-0.4, -0.2) is 42.3 Å². The number of β-amino-alcohol motifs (C(OH)–C–C–N with tert-alkyl or cyclic N) is 1. The van der Waals surface area contributed by atoms with Gasteiger partial charge in [0.25, 0.3) is 0 Å². The Hall–Kier alpha value is -0.130. The van der Waals surface area contributed by atoms with Gasteiger partial charge in [-0.1, -0.05) is 13.3 Å². The molecule has 5 heteroatoms. The smallest absolute Gasteiger partial charge is 0.214 e. The average Bonchev–Trinajstić information content (AvgIpc) is 2.83. The molecule has 1 aliphatic heterocycles. The van der Waals surface area contributed by atoms with Crippen LogP contribution in [-0.2, 0) is 10.0 Å². The molecule has 2 rings (SSSR count). The normalized spacial score (nSPS) is 26.3. The number of hydrogen-bond acceptors (Lipinski definition) is 3. The highest BCUT2D eigenvalue weighted by Crippen LogP contribution is 2.34. The van der Waals surface area contributed by atoms with E-state index in [1.165, 1.54) is 4.31 Å². The topological polar surface area (TPSA) is 57.6 Å². The van der Waals surface area contributed by atoms with Crippen LogP contribution in [0.25, 0.3) is 0 Å². The van der Waals surface area contributed by atoms with Gasteiger partial charge in [0.1, 0.15) is 0 Å². The van der Waals surface area contributed by atoms with E-state index >= 15 is 0 Å². The molecule has 0 bridgehead atoms. The molecule has 1 aliphatic carbocycles. The Kier molecular flexibility index (Phi) is 2.81. The quantitative estimate of drug-likeness (QED) is 0.755. The fourth-order valence-electron chi connectivity index (χ4n) is 2.12. The van der Waals surface area contributed by atoms with Crippen molar-refractivity contribution < 1.29 is 13.5 Å². The SMILES string of the molecule is CCCC1(O)CN(S(=O)(=O)CC2CC2)C1. The van der Waals surface area contributed by atoms with E-state index in [4.69, 9.17) is 0 Å². The molecule has 0 atom stereocenters. The first-order valence-corrected chi connectivity index (χ1v) is 7.26. The van der Waals surface area contributed by atoms with Gasteiger partial charge in [0.2, 0.25) is 10.0 Å². The van der Waals surface area contributed by atoms with Crippen molar-refractivity contribution in [1.82, 2.24) is 4.31 Å². The minimum absolute atomic E-state index is 0.287. The lowest BCUT2D eigenvalue weighted by Crippen LogP contribution is -2.63. The van der Waals surface area contributed by atoms with Crippen LogP contribution in [0.2, 0.25) is 0 Å². The van der Waals surface area contributed by atoms with Gasteiger partial charge in [0.15, 0.2) is 0 Å². The number of aliphatic hydroxyl groups is 1. The standard InChI is InChI=1S/C10H19NO3S/c1-2-5-10(12)7-11(8-10)15(13,14)6-9-3-4-9/h9,12H,2-8H2,1H3. The van der Waals surface area contributed by atoms with Gasteiger partial charge in [0, 0.05) is 13.1 Å². The van der Waals surface area contributed by atoms with Gasteiger partial charge in [-0.3, -0.25) is 0 Å². The maximum absolute atomic E-state index is 11.8. The first-order chi connectivity index (χ1) is 6.95. The molecule has 1 N–H and O–H groups in total. The molecule has 0 unspecified atom stereocenters. The van der Waals surface area contributed by atoms with Crippen molar-refractivity contribution in [1.29, 1.82) is 0 Å². The highest BCUT2D eigenvalue weighted by molar-refractivity contribution is 7.89. The Bertz CT molecular complexity index is 329. The fraction of sp³-hybridized carbons (Fsp3) is 1.00. The van der Waals surface area contributed by atoms with Crippen molar-refractivity contribution >= 4 is 10.0 Å². The van der Waals surface area contributed by atoms with Crippen LogP contribution in [0, 0.1) is 5.92 Å². The minimum atomic E-state index is -3.08. The van der Waals surface area contributed by atoms with Gasteiger partial charge in [-0.25, -0.2) is 8.42 Å². The van der Waals surface area contributed by atoms with Crippen LogP contribution in [0.15, 0.2) is 0 Å². The monoisotopic (exact) mass is 233 g/mol. The first-order valence-electron chi connectivity index (χ1n) is 5.65. The Labute approximate surface area is 91.3 Å². The van der Waals surface area contributed by atoms with E-state index in [0.29, 0.717) is 25.4 Å². The summed E-state index contributed by atoms with van der Waals surface area (Å²) in [5, 5.41) is 9.89. The predicted molar refractivity (Wildman–Crippen MR) is 57.9 cm³/mol. The van der Waals surface area contributed by atoms with Crippen LogP contribution < -0.4 is 0 Å². The number of rotatable bonds is 5. The van der Waals surface area contributed by atoms with Gasteiger partial charge in [-0.15, -0.1) is 0 Å². The summed E-state index contributed by atoms with van der Waals surface area (Å²) in [6, 6.07) is 0. The molecule has 0 radical (unpaired) electrons. The van der Waals surface area contributed by atoms with Crippen LogP contribution in [0.3, 0.4) is 0 Å². The first kappa shape index (κ1) is 11.4. The highest BCUT2D eigenvalue weighted by Gasteiger charge is 2.47. The molecule has 2 fully saturated rings. The maximum atomic E-state index is 11.8. The van der Waals surface area contributed by atoms with E-state index in [1.54, 1.807) is 0 Å². The van der Waals surface area contributed by atoms with Gasteiger partial charge >= 0.3 is 0 Å². The van der Waals surface area contributed by atoms with Crippen molar-refractivity contribution in [3.05, 3.63) is 0 Å². The summed E-state index contributed by atoms with van der Waals surface area (Å²) in [5.74, 6) is 0.671. The second kappa shape index (κ2) is 3.71. The van der Waals surface area contributed by atoms with Crippen molar-refractivity contribution in [2.75, 3.05) is 18.8 Å². The second-order valence-corrected chi connectivity index (χ2v) is 6.98. The Morgan fingerprint density at radius 2 is 2.00 bits per heavy atom. The molecule has 1 saturated carbocycles. The molecule has 1 heterocycles. The van der Waals surface area contributed by atoms with Gasteiger partial charge in [0.05, 0.1) is 11.4 Å². The Balaban J connectivity index is 1.87. The Morgan fingerprint density at radius 3 is 2.47 bits per heavy atom. The molecule has 88 valence electrons. The molecular formula is C10H19NO3S. The van der Waals surface area contributed by atoms with Gasteiger partial charge in [-0.2, -0.15) is 4.31 Å². The Morgan fingerprint density at radius 1 is 1.40 bits per heavy atom. The fourth-order valence-corrected chi connectivity index (χ4v) is 4.13. The van der Waals surface area contributed by atoms with Crippen molar-refractivity contribution in [2.45, 2.75) is 38.2 Å². The van der Waals surface area contributed by atoms with Gasteiger partial charge < -0.3 is 5.11 Å². The van der Waals surface area contributed by atoms with E-state index in [-0.39, 0.29) is 5.75 Å². The summed E-state index contributed by atoms with van der Waals surface area (Å²) in [4.78, 5) is 0. The zero-order valence-electron chi connectivity index (χ0n) is 9.15. The van der Waals surface area contributed by atoms with Crippen LogP contribution in [0.5, 0.6) is 0 Å². The molecule has 15 heavy (non-hydrogen) atoms. The number of sulfonamides is 1. The van der Waals surface area contributed by atoms with Crippen molar-refractivity contribution in [2.24, 2.45) is 5.92 Å². The third kappa shape index (κ3) is 2.52. The van der Waals surface area contributed by atoms with Gasteiger partial charge in [-0.05, 0) is 25.2 Å². The predicted octanol–water partition coefficient (Wildman–Crippen LogP) is 0.573. The largest absolute Gasteiger partial charge is 0.387 e. The van der Waals surface area contributed by atoms with E-state index in [9.17, 15) is 13.5 Å². The van der Waals surface area contributed by atoms with Crippen LogP contribution in [0.1, 0.15) is 32.6 Å². The molecule has 4 nitrogen and oxygen atoms in total. The van der Waals surface area contributed by atoms with Crippen molar-refractivity contribution in [3.63, 3.8) is 0 Å². The summed E-state index contributed by atoms with van der Waals surface area (Å²) < 4.78 is 25.0. The lowest BCUT2D eigenvalue weighted by molar-refractivity contribution is -0.0653. The second-order valence-electron chi connectivity index (χ2n) is 4.96. The highest BCUT2D eigenvalue weighted by atomic mass is 32.2. The number of hydrogen-bond donors (Lipinski definition) is 1. The summed E-state index contributed by atoms with van der Waals surface area (Å²) in [6.07, 6.45) is 3.69. The van der Waals surface area contributed by atoms with E-state index in [2.05, 4.69) is 0 Å². The zero-order chi connectivity index (χ0) is 11.1. The molecule has 0 aromatic rings. The van der Waals surface area contributed by atoms with E-state index < -0.39 is 15.6 Å². The molecule has 0 spiro atoms. The molecule has 0 aromatic heterocycles. The lowest BCUT2D eigenvalue weighted by atomic mass is 9.92. The zero-order valence-corrected chi connectivity index (χ0v) is 9.96. The molecule has 0 aromatic carbocycles. The van der Waals surface area contributed by atoms with Crippen LogP contribution in [0.4, 0.5) is 0 Å². The number of nitrogens with zero attached hydrogens (tertiary/aromatic N) is 1. The van der Waals surface area contributed by atoms with Crippen LogP contribution >= 0.6 is 0 Å². The lowest BCUT2D eigenvalue weighted by Gasteiger charge is -2.45. The molecular weight excluding hydrogens is 214 g/mol.